The summed E-state index contributed by atoms with van der Waals surface area (Å²) in [7, 11) is -3.19. The van der Waals surface area contributed by atoms with Crippen LogP contribution in [0.15, 0.2) is 12.1 Å². The lowest BCUT2D eigenvalue weighted by atomic mass is 9.88. The summed E-state index contributed by atoms with van der Waals surface area (Å²) in [5.74, 6) is 9.42. The van der Waals surface area contributed by atoms with Crippen molar-refractivity contribution in [2.45, 2.75) is 133 Å². The Labute approximate surface area is 236 Å². The van der Waals surface area contributed by atoms with E-state index in [0.29, 0.717) is 31.2 Å². The minimum absolute atomic E-state index is 0.336. The van der Waals surface area contributed by atoms with Crippen molar-refractivity contribution in [3.63, 3.8) is 0 Å². The van der Waals surface area contributed by atoms with Crippen LogP contribution < -0.4 is 0 Å². The van der Waals surface area contributed by atoms with E-state index >= 15 is 0 Å². The summed E-state index contributed by atoms with van der Waals surface area (Å²) in [5, 5.41) is 0. The summed E-state index contributed by atoms with van der Waals surface area (Å²) in [5.41, 5.74) is 4.79. The molecule has 0 aliphatic heterocycles. The third-order valence-corrected chi connectivity index (χ3v) is 9.50. The lowest BCUT2D eigenvalue weighted by Gasteiger charge is -2.21. The van der Waals surface area contributed by atoms with Crippen molar-refractivity contribution < 1.29 is 13.6 Å². The van der Waals surface area contributed by atoms with Gasteiger partial charge in [0.05, 0.1) is 19.4 Å². The molecule has 1 aromatic rings. The monoisotopic (exact) mass is 546 g/mol. The first-order valence-corrected chi connectivity index (χ1v) is 17.2. The largest absolute Gasteiger partial charge is 0.335 e. The van der Waals surface area contributed by atoms with E-state index in [9.17, 15) is 4.57 Å². The molecule has 0 aliphatic carbocycles. The fourth-order valence-corrected chi connectivity index (χ4v) is 6.91. The van der Waals surface area contributed by atoms with Gasteiger partial charge in [-0.05, 0) is 92.9 Å². The standard InChI is InChI=1S/C34H59O3P/c1-10-15-31-24-33(23-21-30(9)19-14-17-28(6)7)34(26-38(35,36-11-2)37-12-3)25-32(31)22-20-29(8)18-13-16-27(4)5/h24-25,27-30H,11-14,16-23,26H2,1-9H3/t29-,30-/m0/s1. The third-order valence-electron chi connectivity index (χ3n) is 7.47. The molecule has 0 spiro atoms. The number of hydrogen-bond acceptors (Lipinski definition) is 3. The third kappa shape index (κ3) is 14.4. The second-order valence-corrected chi connectivity index (χ2v) is 14.2. The Morgan fingerprint density at radius 3 is 1.66 bits per heavy atom. The fraction of sp³-hybridized carbons (Fsp3) is 0.765. The summed E-state index contributed by atoms with van der Waals surface area (Å²) in [4.78, 5) is 0. The van der Waals surface area contributed by atoms with Crippen LogP contribution in [0.1, 0.15) is 136 Å². The molecule has 0 fully saturated rings. The minimum atomic E-state index is -3.19. The highest BCUT2D eigenvalue weighted by Gasteiger charge is 2.26. The van der Waals surface area contributed by atoms with E-state index in [1.807, 2.05) is 20.8 Å². The first-order chi connectivity index (χ1) is 18.0. The Bertz CT molecular complexity index is 883. The molecule has 4 heteroatoms. The number of benzene rings is 1. The van der Waals surface area contributed by atoms with Gasteiger partial charge in [-0.3, -0.25) is 4.57 Å². The predicted octanol–water partition coefficient (Wildman–Crippen LogP) is 10.6. The lowest BCUT2D eigenvalue weighted by molar-refractivity contribution is 0.219. The maximum atomic E-state index is 13.6. The molecule has 0 radical (unpaired) electrons. The average Bonchev–Trinajstić information content (AvgIpc) is 2.82. The second-order valence-electron chi connectivity index (χ2n) is 12.2. The maximum Gasteiger partial charge on any atom is 0.335 e. The van der Waals surface area contributed by atoms with Crippen molar-refractivity contribution in [1.82, 2.24) is 0 Å². The van der Waals surface area contributed by atoms with E-state index in [1.165, 1.54) is 49.7 Å². The van der Waals surface area contributed by atoms with Crippen molar-refractivity contribution in [1.29, 1.82) is 0 Å². The molecule has 2 atom stereocenters. The Balaban J connectivity index is 3.20. The highest BCUT2D eigenvalue weighted by molar-refractivity contribution is 7.53. The molecule has 3 nitrogen and oxygen atoms in total. The first kappa shape index (κ1) is 35.0. The molecule has 0 bridgehead atoms. The van der Waals surface area contributed by atoms with Crippen LogP contribution >= 0.6 is 7.60 Å². The topological polar surface area (TPSA) is 35.5 Å². The van der Waals surface area contributed by atoms with Crippen molar-refractivity contribution in [3.8, 4) is 11.8 Å². The van der Waals surface area contributed by atoms with Crippen molar-refractivity contribution in [3.05, 3.63) is 34.4 Å². The molecule has 0 unspecified atom stereocenters. The van der Waals surface area contributed by atoms with E-state index in [2.05, 4.69) is 65.5 Å². The number of aryl methyl sites for hydroxylation is 2. The van der Waals surface area contributed by atoms with Gasteiger partial charge in [0.15, 0.2) is 0 Å². The predicted molar refractivity (Wildman–Crippen MR) is 166 cm³/mol. The van der Waals surface area contributed by atoms with Gasteiger partial charge in [-0.1, -0.05) is 92.1 Å². The van der Waals surface area contributed by atoms with E-state index < -0.39 is 7.60 Å². The molecule has 0 saturated heterocycles. The zero-order valence-corrected chi connectivity index (χ0v) is 27.2. The van der Waals surface area contributed by atoms with Gasteiger partial charge in [0.1, 0.15) is 0 Å². The molecule has 0 N–H and O–H groups in total. The van der Waals surface area contributed by atoms with Crippen LogP contribution in [0.4, 0.5) is 0 Å². The molecule has 1 rings (SSSR count). The van der Waals surface area contributed by atoms with E-state index in [1.54, 1.807) is 0 Å². The van der Waals surface area contributed by atoms with Crippen LogP contribution in [0.25, 0.3) is 0 Å². The maximum absolute atomic E-state index is 13.6. The Morgan fingerprint density at radius 1 is 0.711 bits per heavy atom. The highest BCUT2D eigenvalue weighted by atomic mass is 31.2. The highest BCUT2D eigenvalue weighted by Crippen LogP contribution is 2.52. The molecule has 1 aromatic carbocycles. The molecule has 0 amide bonds. The smallest absolute Gasteiger partial charge is 0.309 e. The molecule has 0 aliphatic rings. The van der Waals surface area contributed by atoms with Crippen molar-refractivity contribution in [2.24, 2.45) is 23.7 Å². The van der Waals surface area contributed by atoms with Crippen molar-refractivity contribution >= 4 is 7.60 Å². The van der Waals surface area contributed by atoms with Gasteiger partial charge >= 0.3 is 7.60 Å². The van der Waals surface area contributed by atoms with Crippen LogP contribution in [0.5, 0.6) is 0 Å². The van der Waals surface area contributed by atoms with E-state index in [-0.39, 0.29) is 0 Å². The molecular formula is C34H59O3P. The molecule has 0 aromatic heterocycles. The van der Waals surface area contributed by atoms with Gasteiger partial charge in [0.25, 0.3) is 0 Å². The Kier molecular flexibility index (Phi) is 17.6. The average molecular weight is 547 g/mol. The molecular weight excluding hydrogens is 487 g/mol. The van der Waals surface area contributed by atoms with Gasteiger partial charge in [-0.15, -0.1) is 5.92 Å². The van der Waals surface area contributed by atoms with Crippen molar-refractivity contribution in [2.75, 3.05) is 13.2 Å². The van der Waals surface area contributed by atoms with Crippen LogP contribution in [-0.2, 0) is 32.6 Å². The fourth-order valence-electron chi connectivity index (χ4n) is 5.15. The molecule has 218 valence electrons. The summed E-state index contributed by atoms with van der Waals surface area (Å²) in [6, 6.07) is 4.57. The van der Waals surface area contributed by atoms with Gasteiger partial charge < -0.3 is 9.05 Å². The molecule has 0 heterocycles. The van der Waals surface area contributed by atoms with Gasteiger partial charge in [-0.2, -0.15) is 0 Å². The normalized spacial score (nSPS) is 13.6. The summed E-state index contributed by atoms with van der Waals surface area (Å²) in [6.45, 7) is 20.4. The Hall–Kier alpha value is -1.07. The number of hydrogen-bond donors (Lipinski definition) is 0. The quantitative estimate of drug-likeness (QED) is 0.120. The lowest BCUT2D eigenvalue weighted by Crippen LogP contribution is -2.07. The number of rotatable bonds is 20. The van der Waals surface area contributed by atoms with Gasteiger partial charge in [0, 0.05) is 5.56 Å². The zero-order chi connectivity index (χ0) is 28.6. The minimum Gasteiger partial charge on any atom is -0.309 e. The van der Waals surface area contributed by atoms with Gasteiger partial charge in [-0.25, -0.2) is 0 Å². The molecule has 0 saturated carbocycles. The van der Waals surface area contributed by atoms with E-state index in [0.717, 1.165) is 48.6 Å². The van der Waals surface area contributed by atoms with Crippen LogP contribution in [0.2, 0.25) is 0 Å². The summed E-state index contributed by atoms with van der Waals surface area (Å²) < 4.78 is 25.0. The summed E-state index contributed by atoms with van der Waals surface area (Å²) >= 11 is 0. The second kappa shape index (κ2) is 19.1. The molecule has 38 heavy (non-hydrogen) atoms. The first-order valence-electron chi connectivity index (χ1n) is 15.5. The van der Waals surface area contributed by atoms with Crippen LogP contribution in [-0.4, -0.2) is 13.2 Å². The van der Waals surface area contributed by atoms with E-state index in [4.69, 9.17) is 9.05 Å². The Morgan fingerprint density at radius 2 is 1.21 bits per heavy atom. The zero-order valence-electron chi connectivity index (χ0n) is 26.3. The van der Waals surface area contributed by atoms with Crippen LogP contribution in [0, 0.1) is 35.5 Å². The van der Waals surface area contributed by atoms with Gasteiger partial charge in [0.2, 0.25) is 0 Å². The van der Waals surface area contributed by atoms with Crippen LogP contribution in [0.3, 0.4) is 0 Å². The summed E-state index contributed by atoms with van der Waals surface area (Å²) in [6.07, 6.45) is 12.3. The SMILES string of the molecule is CC#Cc1cc(CC[C@@H](C)CCCC(C)C)c(CP(=O)(OCC)OCC)cc1CC[C@@H](C)CCCC(C)C.